The van der Waals surface area contributed by atoms with E-state index in [2.05, 4.69) is 15.6 Å². The van der Waals surface area contributed by atoms with E-state index in [1.165, 1.54) is 11.8 Å². The molecule has 2 N–H and O–H groups in total. The second-order valence-electron chi connectivity index (χ2n) is 4.29. The number of rotatable bonds is 5. The summed E-state index contributed by atoms with van der Waals surface area (Å²) in [6.07, 6.45) is 0. The molecule has 0 saturated heterocycles. The van der Waals surface area contributed by atoms with Crippen molar-refractivity contribution in [1.29, 1.82) is 0 Å². The van der Waals surface area contributed by atoms with Gasteiger partial charge in [0, 0.05) is 6.54 Å². The third kappa shape index (κ3) is 3.90. The van der Waals surface area contributed by atoms with Gasteiger partial charge in [0.25, 0.3) is 0 Å². The van der Waals surface area contributed by atoms with Crippen molar-refractivity contribution in [2.24, 2.45) is 4.99 Å². The largest absolute Gasteiger partial charge is 0.492 e. The minimum absolute atomic E-state index is 0.0569. The number of amides is 1. The van der Waals surface area contributed by atoms with E-state index < -0.39 is 0 Å². The van der Waals surface area contributed by atoms with E-state index in [-0.39, 0.29) is 11.2 Å². The molecule has 6 heteroatoms. The highest BCUT2D eigenvalue weighted by molar-refractivity contribution is 8.14. The Labute approximate surface area is 123 Å². The Balaban J connectivity index is 1.96. The Morgan fingerprint density at radius 1 is 1.55 bits per heavy atom. The lowest BCUT2D eigenvalue weighted by Crippen LogP contribution is -2.26. The van der Waals surface area contributed by atoms with Gasteiger partial charge >= 0.3 is 0 Å². The van der Waals surface area contributed by atoms with Gasteiger partial charge in [-0.3, -0.25) is 9.79 Å². The molecule has 1 aromatic rings. The van der Waals surface area contributed by atoms with Crippen LogP contribution >= 0.6 is 11.8 Å². The second kappa shape index (κ2) is 7.19. The number of benzene rings is 1. The quantitative estimate of drug-likeness (QED) is 0.873. The highest BCUT2D eigenvalue weighted by Gasteiger charge is 2.19. The van der Waals surface area contributed by atoms with Gasteiger partial charge in [0.1, 0.15) is 5.75 Å². The van der Waals surface area contributed by atoms with E-state index in [0.717, 1.165) is 18.3 Å². The number of para-hydroxylation sites is 2. The van der Waals surface area contributed by atoms with E-state index in [1.54, 1.807) is 0 Å². The summed E-state index contributed by atoms with van der Waals surface area (Å²) in [7, 11) is 0. The van der Waals surface area contributed by atoms with Gasteiger partial charge in [-0.15, -0.1) is 0 Å². The van der Waals surface area contributed by atoms with E-state index >= 15 is 0 Å². The summed E-state index contributed by atoms with van der Waals surface area (Å²) in [4.78, 5) is 16.5. The lowest BCUT2D eigenvalue weighted by molar-refractivity contribution is -0.115. The van der Waals surface area contributed by atoms with Crippen molar-refractivity contribution < 1.29 is 9.53 Å². The fourth-order valence-corrected chi connectivity index (χ4v) is 2.61. The molecule has 0 bridgehead atoms. The highest BCUT2D eigenvalue weighted by atomic mass is 32.2. The molecule has 1 atom stereocenters. The summed E-state index contributed by atoms with van der Waals surface area (Å²) in [5, 5.41) is 6.67. The Kier molecular flexibility index (Phi) is 5.29. The molecular formula is C14H19N3O2S. The SMILES string of the molecule is CCOc1ccccc1NC(=O)[C@H](C)SC1=NCCN1. The van der Waals surface area contributed by atoms with Crippen LogP contribution in [0.5, 0.6) is 5.75 Å². The first-order chi connectivity index (χ1) is 9.70. The average Bonchev–Trinajstić information content (AvgIpc) is 2.94. The maximum Gasteiger partial charge on any atom is 0.237 e. The number of anilines is 1. The molecule has 5 nitrogen and oxygen atoms in total. The normalized spacial score (nSPS) is 15.2. The van der Waals surface area contributed by atoms with Gasteiger partial charge in [-0.05, 0) is 26.0 Å². The summed E-state index contributed by atoms with van der Waals surface area (Å²) in [6.45, 7) is 5.98. The molecule has 1 aromatic carbocycles. The van der Waals surface area contributed by atoms with E-state index in [1.807, 2.05) is 38.1 Å². The number of thioether (sulfide) groups is 1. The molecule has 1 amide bonds. The lowest BCUT2D eigenvalue weighted by Gasteiger charge is -2.14. The van der Waals surface area contributed by atoms with Gasteiger partial charge in [0.15, 0.2) is 5.17 Å². The third-order valence-electron chi connectivity index (χ3n) is 2.75. The van der Waals surface area contributed by atoms with Gasteiger partial charge in [0.2, 0.25) is 5.91 Å². The van der Waals surface area contributed by atoms with Gasteiger partial charge in [0.05, 0.1) is 24.1 Å². The number of hydrogen-bond acceptors (Lipinski definition) is 5. The highest BCUT2D eigenvalue weighted by Crippen LogP contribution is 2.25. The molecule has 20 heavy (non-hydrogen) atoms. The first-order valence-corrected chi connectivity index (χ1v) is 7.56. The second-order valence-corrected chi connectivity index (χ2v) is 5.62. The summed E-state index contributed by atoms with van der Waals surface area (Å²) >= 11 is 1.44. The Bertz CT molecular complexity index is 505. The molecular weight excluding hydrogens is 274 g/mol. The molecule has 1 heterocycles. The molecule has 0 spiro atoms. The maximum absolute atomic E-state index is 12.2. The van der Waals surface area contributed by atoms with Crippen LogP contribution in [0.25, 0.3) is 0 Å². The van der Waals surface area contributed by atoms with Gasteiger partial charge in [-0.1, -0.05) is 23.9 Å². The minimum Gasteiger partial charge on any atom is -0.492 e. The Morgan fingerprint density at radius 3 is 3.05 bits per heavy atom. The van der Waals surface area contributed by atoms with Crippen LogP contribution < -0.4 is 15.4 Å². The fraction of sp³-hybridized carbons (Fsp3) is 0.429. The zero-order chi connectivity index (χ0) is 14.4. The van der Waals surface area contributed by atoms with Crippen LogP contribution in [0.3, 0.4) is 0 Å². The van der Waals surface area contributed by atoms with Crippen LogP contribution in [-0.4, -0.2) is 36.0 Å². The summed E-state index contributed by atoms with van der Waals surface area (Å²) < 4.78 is 5.49. The van der Waals surface area contributed by atoms with E-state index in [0.29, 0.717) is 18.0 Å². The molecule has 1 aliphatic heterocycles. The number of aliphatic imine (C=N–C) groups is 1. The third-order valence-corrected chi connectivity index (χ3v) is 3.81. The maximum atomic E-state index is 12.2. The van der Waals surface area contributed by atoms with Crippen LogP contribution in [0.1, 0.15) is 13.8 Å². The van der Waals surface area contributed by atoms with Crippen LogP contribution in [-0.2, 0) is 4.79 Å². The number of nitrogens with zero attached hydrogens (tertiary/aromatic N) is 1. The topological polar surface area (TPSA) is 62.7 Å². The molecule has 0 fully saturated rings. The Morgan fingerprint density at radius 2 is 2.35 bits per heavy atom. The van der Waals surface area contributed by atoms with Crippen molar-refractivity contribution in [3.8, 4) is 5.75 Å². The zero-order valence-corrected chi connectivity index (χ0v) is 12.5. The molecule has 2 rings (SSSR count). The number of hydrogen-bond donors (Lipinski definition) is 2. The molecule has 0 radical (unpaired) electrons. The molecule has 1 aliphatic rings. The number of ether oxygens (including phenoxy) is 1. The van der Waals surface area contributed by atoms with Crippen molar-refractivity contribution in [3.05, 3.63) is 24.3 Å². The minimum atomic E-state index is -0.214. The monoisotopic (exact) mass is 293 g/mol. The molecule has 0 unspecified atom stereocenters. The smallest absolute Gasteiger partial charge is 0.237 e. The molecule has 0 aliphatic carbocycles. The number of carbonyl (C=O) groups excluding carboxylic acids is 1. The van der Waals surface area contributed by atoms with Gasteiger partial charge in [-0.25, -0.2) is 0 Å². The van der Waals surface area contributed by atoms with E-state index in [4.69, 9.17) is 4.74 Å². The molecule has 0 aromatic heterocycles. The number of carbonyl (C=O) groups is 1. The van der Waals surface area contributed by atoms with Crippen molar-refractivity contribution in [2.45, 2.75) is 19.1 Å². The number of amidine groups is 1. The van der Waals surface area contributed by atoms with Gasteiger partial charge < -0.3 is 15.4 Å². The summed E-state index contributed by atoms with van der Waals surface area (Å²) in [6, 6.07) is 7.44. The predicted octanol–water partition coefficient (Wildman–Crippen LogP) is 2.10. The first-order valence-electron chi connectivity index (χ1n) is 6.68. The predicted molar refractivity (Wildman–Crippen MR) is 83.6 cm³/mol. The molecule has 0 saturated carbocycles. The van der Waals surface area contributed by atoms with Crippen LogP contribution in [0.4, 0.5) is 5.69 Å². The fourth-order valence-electron chi connectivity index (χ4n) is 1.76. The van der Waals surface area contributed by atoms with Crippen LogP contribution in [0.15, 0.2) is 29.3 Å². The van der Waals surface area contributed by atoms with Crippen LogP contribution in [0, 0.1) is 0 Å². The van der Waals surface area contributed by atoms with Crippen molar-refractivity contribution in [1.82, 2.24) is 5.32 Å². The average molecular weight is 293 g/mol. The lowest BCUT2D eigenvalue weighted by atomic mass is 10.3. The summed E-state index contributed by atoms with van der Waals surface area (Å²) in [5.41, 5.74) is 0.702. The summed E-state index contributed by atoms with van der Waals surface area (Å²) in [5.74, 6) is 0.635. The van der Waals surface area contributed by atoms with Crippen LogP contribution in [0.2, 0.25) is 0 Å². The zero-order valence-electron chi connectivity index (χ0n) is 11.7. The standard InChI is InChI=1S/C14H19N3O2S/c1-3-19-12-7-5-4-6-11(12)17-13(18)10(2)20-14-15-8-9-16-14/h4-7,10H,3,8-9H2,1-2H3,(H,15,16)(H,17,18)/t10-/m0/s1. The van der Waals surface area contributed by atoms with Gasteiger partial charge in [-0.2, -0.15) is 0 Å². The molecule has 108 valence electrons. The van der Waals surface area contributed by atoms with E-state index in [9.17, 15) is 4.79 Å². The first kappa shape index (κ1) is 14.7. The van der Waals surface area contributed by atoms with Crippen molar-refractivity contribution in [2.75, 3.05) is 25.0 Å². The van der Waals surface area contributed by atoms with Crippen molar-refractivity contribution >= 4 is 28.5 Å². The van der Waals surface area contributed by atoms with Crippen molar-refractivity contribution in [3.63, 3.8) is 0 Å². The Hall–Kier alpha value is -1.69. The number of nitrogens with one attached hydrogen (secondary N) is 2.